The van der Waals surface area contributed by atoms with Crippen LogP contribution in [0.4, 0.5) is 0 Å². The summed E-state index contributed by atoms with van der Waals surface area (Å²) in [6.45, 7) is 11.3. The van der Waals surface area contributed by atoms with Crippen LogP contribution >= 0.6 is 0 Å². The molecule has 144 valence electrons. The van der Waals surface area contributed by atoms with Crippen molar-refractivity contribution >= 4 is 20.2 Å². The number of carboxylic acids is 1. The predicted octanol–water partition coefficient (Wildman–Crippen LogP) is 4.70. The van der Waals surface area contributed by atoms with E-state index in [1.54, 1.807) is 0 Å². The monoisotopic (exact) mass is 385 g/mol. The van der Waals surface area contributed by atoms with Gasteiger partial charge in [-0.1, -0.05) is 32.9 Å². The predicted molar refractivity (Wildman–Crippen MR) is 109 cm³/mol. The number of carboxylic acid groups (broad SMARTS) is 1. The molecule has 27 heavy (non-hydrogen) atoms. The van der Waals surface area contributed by atoms with Crippen LogP contribution in [0.2, 0.25) is 18.1 Å². The van der Waals surface area contributed by atoms with Gasteiger partial charge in [-0.2, -0.15) is 0 Å². The van der Waals surface area contributed by atoms with Crippen molar-refractivity contribution in [3.05, 3.63) is 65.2 Å². The summed E-state index contributed by atoms with van der Waals surface area (Å²) in [5, 5.41) is 11.9. The zero-order chi connectivity index (χ0) is 20.2. The molecule has 2 rings (SSSR count). The number of hydrogen-bond donors (Lipinski definition) is 2. The third-order valence-corrected chi connectivity index (χ3v) is 9.28. The minimum Gasteiger partial charge on any atom is -0.543 e. The average Bonchev–Trinajstić information content (AvgIpc) is 2.58. The maximum Gasteiger partial charge on any atom is 0.335 e. The number of hydrogen-bond acceptors (Lipinski definition) is 3. The van der Waals surface area contributed by atoms with E-state index in [1.807, 2.05) is 24.3 Å². The number of carbonyl (C=O) groups excluding carboxylic acids is 1. The molecule has 2 N–H and O–H groups in total. The first-order valence-corrected chi connectivity index (χ1v) is 11.8. The van der Waals surface area contributed by atoms with Crippen molar-refractivity contribution < 1.29 is 19.1 Å². The van der Waals surface area contributed by atoms with Crippen molar-refractivity contribution in [2.75, 3.05) is 0 Å². The lowest BCUT2D eigenvalue weighted by Gasteiger charge is -2.36. The maximum atomic E-state index is 12.3. The van der Waals surface area contributed by atoms with Crippen LogP contribution < -0.4 is 9.74 Å². The second kappa shape index (κ2) is 7.96. The van der Waals surface area contributed by atoms with Crippen LogP contribution in [-0.4, -0.2) is 25.3 Å². The summed E-state index contributed by atoms with van der Waals surface area (Å²) < 4.78 is 6.30. The molecular formula is C21H27NO4Si. The van der Waals surface area contributed by atoms with Crippen molar-refractivity contribution in [3.8, 4) is 5.75 Å². The second-order valence-electron chi connectivity index (χ2n) is 8.07. The lowest BCUT2D eigenvalue weighted by molar-refractivity contribution is 0.0696. The molecule has 5 nitrogen and oxygen atoms in total. The van der Waals surface area contributed by atoms with Crippen molar-refractivity contribution in [2.24, 2.45) is 0 Å². The standard InChI is InChI=1S/C21H27NO4Si/c1-21(2,3)27(4,5)26-18-8-6-7-15(13-18)14-22-19(23)16-9-11-17(12-10-16)20(24)25/h6-13H,14H2,1-5H3,(H,22,23)(H,24,25). The van der Waals surface area contributed by atoms with Gasteiger partial charge in [-0.05, 0) is 60.1 Å². The SMILES string of the molecule is CC(C)(C)[Si](C)(C)Oc1cccc(CNC(=O)c2ccc(C(=O)O)cc2)c1. The summed E-state index contributed by atoms with van der Waals surface area (Å²) >= 11 is 0. The van der Waals surface area contributed by atoms with Gasteiger partial charge < -0.3 is 14.8 Å². The lowest BCUT2D eigenvalue weighted by atomic mass is 10.1. The Bertz CT molecular complexity index is 823. The first kappa shape index (κ1) is 20.7. The molecule has 1 amide bonds. The highest BCUT2D eigenvalue weighted by Crippen LogP contribution is 2.37. The number of carbonyl (C=O) groups is 2. The normalized spacial score (nSPS) is 11.7. The molecule has 0 bridgehead atoms. The summed E-state index contributed by atoms with van der Waals surface area (Å²) in [6.07, 6.45) is 0. The summed E-state index contributed by atoms with van der Waals surface area (Å²) in [7, 11) is -1.92. The Morgan fingerprint density at radius 3 is 2.19 bits per heavy atom. The molecule has 0 heterocycles. The van der Waals surface area contributed by atoms with E-state index >= 15 is 0 Å². The number of benzene rings is 2. The molecule has 0 atom stereocenters. The number of amides is 1. The minimum atomic E-state index is -1.92. The van der Waals surface area contributed by atoms with Crippen molar-refractivity contribution in [1.82, 2.24) is 5.32 Å². The summed E-state index contributed by atoms with van der Waals surface area (Å²) in [5.74, 6) is -0.442. The van der Waals surface area contributed by atoms with Gasteiger partial charge in [0, 0.05) is 12.1 Å². The quantitative estimate of drug-likeness (QED) is 0.707. The summed E-state index contributed by atoms with van der Waals surface area (Å²) in [6, 6.07) is 13.6. The van der Waals surface area contributed by atoms with Gasteiger partial charge in [0.25, 0.3) is 5.91 Å². The zero-order valence-electron chi connectivity index (χ0n) is 16.5. The van der Waals surface area contributed by atoms with E-state index < -0.39 is 14.3 Å². The topological polar surface area (TPSA) is 75.6 Å². The zero-order valence-corrected chi connectivity index (χ0v) is 17.5. The molecule has 6 heteroatoms. The smallest absolute Gasteiger partial charge is 0.335 e. The molecule has 0 aliphatic heterocycles. The van der Waals surface area contributed by atoms with Crippen LogP contribution in [-0.2, 0) is 6.54 Å². The molecule has 0 radical (unpaired) electrons. The third-order valence-electron chi connectivity index (χ3n) is 4.92. The Morgan fingerprint density at radius 1 is 1.04 bits per heavy atom. The highest BCUT2D eigenvalue weighted by molar-refractivity contribution is 6.74. The Balaban J connectivity index is 2.02. The van der Waals surface area contributed by atoms with Gasteiger partial charge in [-0.15, -0.1) is 0 Å². The van der Waals surface area contributed by atoms with Crippen LogP contribution in [0.1, 0.15) is 47.1 Å². The van der Waals surface area contributed by atoms with Crippen LogP contribution in [0.5, 0.6) is 5.75 Å². The van der Waals surface area contributed by atoms with Gasteiger partial charge in [-0.25, -0.2) is 4.79 Å². The van der Waals surface area contributed by atoms with Crippen molar-refractivity contribution in [3.63, 3.8) is 0 Å². The molecule has 0 saturated heterocycles. The van der Waals surface area contributed by atoms with E-state index in [0.29, 0.717) is 12.1 Å². The molecule has 2 aromatic carbocycles. The Morgan fingerprint density at radius 2 is 1.63 bits per heavy atom. The lowest BCUT2D eigenvalue weighted by Crippen LogP contribution is -2.43. The van der Waals surface area contributed by atoms with Crippen LogP contribution in [0.3, 0.4) is 0 Å². The van der Waals surface area contributed by atoms with Gasteiger partial charge in [0.05, 0.1) is 5.56 Å². The molecule has 0 aliphatic carbocycles. The molecule has 0 unspecified atom stereocenters. The first-order valence-electron chi connectivity index (χ1n) is 8.89. The van der Waals surface area contributed by atoms with Crippen LogP contribution in [0.25, 0.3) is 0 Å². The number of nitrogens with one attached hydrogen (secondary N) is 1. The van der Waals surface area contributed by atoms with E-state index in [2.05, 4.69) is 39.2 Å². The Labute approximate surface area is 161 Å². The molecule has 0 saturated carbocycles. The fourth-order valence-electron chi connectivity index (χ4n) is 2.22. The highest BCUT2D eigenvalue weighted by Gasteiger charge is 2.38. The first-order chi connectivity index (χ1) is 12.5. The summed E-state index contributed by atoms with van der Waals surface area (Å²) in [4.78, 5) is 23.1. The van der Waals surface area contributed by atoms with E-state index in [9.17, 15) is 9.59 Å². The number of aromatic carboxylic acids is 1. The van der Waals surface area contributed by atoms with E-state index in [1.165, 1.54) is 24.3 Å². The van der Waals surface area contributed by atoms with Crippen LogP contribution in [0, 0.1) is 0 Å². The fourth-order valence-corrected chi connectivity index (χ4v) is 3.24. The Kier molecular flexibility index (Phi) is 6.10. The van der Waals surface area contributed by atoms with Gasteiger partial charge in [0.1, 0.15) is 5.75 Å². The van der Waals surface area contributed by atoms with Crippen LogP contribution in [0.15, 0.2) is 48.5 Å². The van der Waals surface area contributed by atoms with E-state index in [4.69, 9.17) is 9.53 Å². The molecule has 0 spiro atoms. The average molecular weight is 386 g/mol. The molecule has 0 fully saturated rings. The second-order valence-corrected chi connectivity index (χ2v) is 12.8. The van der Waals surface area contributed by atoms with E-state index in [0.717, 1.165) is 11.3 Å². The molecule has 2 aromatic rings. The summed E-state index contributed by atoms with van der Waals surface area (Å²) in [5.41, 5.74) is 1.53. The van der Waals surface area contributed by atoms with Crippen molar-refractivity contribution in [2.45, 2.75) is 45.4 Å². The molecular weight excluding hydrogens is 358 g/mol. The third kappa shape index (κ3) is 5.43. The Hall–Kier alpha value is -2.60. The van der Waals surface area contributed by atoms with E-state index in [-0.39, 0.29) is 16.5 Å². The largest absolute Gasteiger partial charge is 0.543 e. The highest BCUT2D eigenvalue weighted by atomic mass is 28.4. The van der Waals surface area contributed by atoms with Gasteiger partial charge >= 0.3 is 5.97 Å². The molecule has 0 aromatic heterocycles. The minimum absolute atomic E-state index is 0.110. The number of rotatable bonds is 6. The van der Waals surface area contributed by atoms with Crippen molar-refractivity contribution in [1.29, 1.82) is 0 Å². The van der Waals surface area contributed by atoms with Gasteiger partial charge in [-0.3, -0.25) is 4.79 Å². The van der Waals surface area contributed by atoms with Gasteiger partial charge in [0.15, 0.2) is 0 Å². The molecule has 0 aliphatic rings. The van der Waals surface area contributed by atoms with Gasteiger partial charge in [0.2, 0.25) is 8.32 Å². The fraction of sp³-hybridized carbons (Fsp3) is 0.333. The maximum absolute atomic E-state index is 12.3.